The molecular weight excluding hydrogens is 921 g/mol. The minimum absolute atomic E-state index is 0.0818. The molecule has 0 spiro atoms. The van der Waals surface area contributed by atoms with E-state index in [1.165, 1.54) is 5.57 Å². The summed E-state index contributed by atoms with van der Waals surface area (Å²) in [7, 11) is 3.19. The Bertz CT molecular complexity index is 1970. The molecule has 7 N–H and O–H groups in total. The summed E-state index contributed by atoms with van der Waals surface area (Å²) in [5.41, 5.74) is -0.995. The van der Waals surface area contributed by atoms with E-state index >= 15 is 0 Å². The average molecular weight is 999 g/mol. The summed E-state index contributed by atoms with van der Waals surface area (Å²) in [5, 5.41) is 75.6. The number of fused-ring (bicyclic) bond motifs is 7. The van der Waals surface area contributed by atoms with Gasteiger partial charge in [-0.3, -0.25) is 4.79 Å². The van der Waals surface area contributed by atoms with Crippen LogP contribution < -0.4 is 0 Å². The van der Waals surface area contributed by atoms with Crippen LogP contribution in [-0.2, 0) is 61.8 Å². The molecule has 398 valence electrons. The Morgan fingerprint density at radius 1 is 0.757 bits per heavy atom. The summed E-state index contributed by atoms with van der Waals surface area (Å²) in [5.74, 6) is -3.46. The van der Waals surface area contributed by atoms with Crippen LogP contribution in [-0.4, -0.2) is 174 Å². The van der Waals surface area contributed by atoms with Crippen molar-refractivity contribution in [2.45, 2.75) is 193 Å². The van der Waals surface area contributed by atoms with Gasteiger partial charge in [-0.1, -0.05) is 60.1 Å². The van der Waals surface area contributed by atoms with Gasteiger partial charge < -0.3 is 78.4 Å². The first kappa shape index (κ1) is 54.9. The SMILES string of the molecule is COC(=O)COC(O[C@@H]1[C@@H](O)[C@H](O[C@H]2CC[C@]3(C)[C@H]4CC=C5[C@@H]6CC(C)(C)CC[C@]6(C(=O)O[C@@H]6O[C@H](CO)[C@@H](O)[C@H](O)[C@H]6O)CC[C@@]5(C)[C@]4(C)CC[C@H]3C2(C)C)O[C@H](C(=O)OC)[C@H]1O)C(O)C(=O)OC. The molecule has 2 aliphatic heterocycles. The summed E-state index contributed by atoms with van der Waals surface area (Å²) in [6.45, 7) is 14.4. The van der Waals surface area contributed by atoms with Crippen LogP contribution >= 0.6 is 0 Å². The van der Waals surface area contributed by atoms with Gasteiger partial charge in [0, 0.05) is 0 Å². The van der Waals surface area contributed by atoms with E-state index in [1.54, 1.807) is 0 Å². The maximum Gasteiger partial charge on any atom is 0.340 e. The number of methoxy groups -OCH3 is 3. The molecule has 4 saturated carbocycles. The summed E-state index contributed by atoms with van der Waals surface area (Å²) in [4.78, 5) is 52.1. The maximum atomic E-state index is 14.7. The second-order valence-electron chi connectivity index (χ2n) is 23.2. The average Bonchev–Trinajstić information content (AvgIpc) is 3.32. The van der Waals surface area contributed by atoms with Gasteiger partial charge in [0.05, 0.1) is 39.5 Å². The highest BCUT2D eigenvalue weighted by Crippen LogP contribution is 2.76. The van der Waals surface area contributed by atoms with Gasteiger partial charge in [0.2, 0.25) is 12.4 Å². The molecule has 20 nitrogen and oxygen atoms in total. The standard InChI is InChI=1S/C50H78O20/c1-45(2)17-19-50(44(61)70-42-33(55)32(54)31(53)26(22-51)66-42)20-18-48(6)24(25(50)21-45)11-12-28-47(5)15-14-29(46(3,4)27(47)13-16-49(28,48)7)67-43-35(57)37(34(56)38(69-43)40(60)64-10)68-41(36(58)39(59)63-9)65-23-30(52)62-8/h11,25-29,31-38,41-43,51,53-58H,12-23H2,1-10H3/t25-,26+,27-,28+,29-,31+,32-,33+,34-,35+,36?,37-,38-,41?,42-,43+,47-,48+,49+,50-/m0/s1. The fourth-order valence-corrected chi connectivity index (χ4v) is 14.6. The first-order valence-corrected chi connectivity index (χ1v) is 24.8. The highest BCUT2D eigenvalue weighted by Gasteiger charge is 2.70. The Kier molecular flexibility index (Phi) is 15.8. The van der Waals surface area contributed by atoms with Crippen molar-refractivity contribution in [1.29, 1.82) is 0 Å². The van der Waals surface area contributed by atoms with Crippen molar-refractivity contribution in [2.75, 3.05) is 34.5 Å². The highest BCUT2D eigenvalue weighted by atomic mass is 16.7. The van der Waals surface area contributed by atoms with E-state index < -0.39 is 128 Å². The first-order valence-electron chi connectivity index (χ1n) is 24.8. The fraction of sp³-hybridized carbons (Fsp3) is 0.880. The van der Waals surface area contributed by atoms with E-state index in [2.05, 4.69) is 64.0 Å². The van der Waals surface area contributed by atoms with Crippen molar-refractivity contribution in [3.8, 4) is 0 Å². The van der Waals surface area contributed by atoms with Crippen molar-refractivity contribution in [2.24, 2.45) is 50.2 Å². The molecule has 5 aliphatic carbocycles. The van der Waals surface area contributed by atoms with E-state index in [0.29, 0.717) is 25.7 Å². The first-order chi connectivity index (χ1) is 32.7. The molecule has 6 fully saturated rings. The third kappa shape index (κ3) is 9.15. The lowest BCUT2D eigenvalue weighted by molar-refractivity contribution is -0.346. The van der Waals surface area contributed by atoms with Crippen LogP contribution in [0.15, 0.2) is 11.6 Å². The number of carbonyl (C=O) groups excluding carboxylic acids is 4. The predicted molar refractivity (Wildman–Crippen MR) is 241 cm³/mol. The topological polar surface area (TPSA) is 293 Å². The Balaban J connectivity index is 1.13. The van der Waals surface area contributed by atoms with Gasteiger partial charge in [-0.2, -0.15) is 0 Å². The lowest BCUT2D eigenvalue weighted by atomic mass is 9.33. The number of aliphatic hydroxyl groups excluding tert-OH is 7. The van der Waals surface area contributed by atoms with Crippen LogP contribution in [0.3, 0.4) is 0 Å². The van der Waals surface area contributed by atoms with Crippen LogP contribution in [0.4, 0.5) is 0 Å². The third-order valence-corrected chi connectivity index (χ3v) is 18.9. The fourth-order valence-electron chi connectivity index (χ4n) is 14.6. The van der Waals surface area contributed by atoms with Crippen LogP contribution in [0.5, 0.6) is 0 Å². The molecule has 0 aromatic rings. The zero-order valence-corrected chi connectivity index (χ0v) is 42.2. The highest BCUT2D eigenvalue weighted by molar-refractivity contribution is 5.79. The molecule has 0 aromatic heterocycles. The zero-order chi connectivity index (χ0) is 51.7. The lowest BCUT2D eigenvalue weighted by Crippen LogP contribution is -2.66. The lowest BCUT2D eigenvalue weighted by Gasteiger charge is -2.71. The Morgan fingerprint density at radius 2 is 1.44 bits per heavy atom. The normalized spacial score (nSPS) is 44.9. The van der Waals surface area contributed by atoms with E-state index in [9.17, 15) is 54.9 Å². The maximum absolute atomic E-state index is 14.7. The van der Waals surface area contributed by atoms with E-state index in [4.69, 9.17) is 33.2 Å². The van der Waals surface area contributed by atoms with E-state index in [1.807, 2.05) is 0 Å². The molecule has 0 bridgehead atoms. The van der Waals surface area contributed by atoms with Crippen molar-refractivity contribution in [3.63, 3.8) is 0 Å². The third-order valence-electron chi connectivity index (χ3n) is 18.9. The summed E-state index contributed by atoms with van der Waals surface area (Å²) in [6, 6.07) is 0. The molecule has 70 heavy (non-hydrogen) atoms. The monoisotopic (exact) mass is 999 g/mol. The van der Waals surface area contributed by atoms with Gasteiger partial charge in [-0.05, 0) is 109 Å². The molecular formula is C50H78O20. The number of aliphatic hydroxyl groups is 7. The molecule has 2 unspecified atom stereocenters. The summed E-state index contributed by atoms with van der Waals surface area (Å²) in [6.07, 6.45) is -11.8. The van der Waals surface area contributed by atoms with Crippen LogP contribution in [0.2, 0.25) is 0 Å². The largest absolute Gasteiger partial charge is 0.467 e. The van der Waals surface area contributed by atoms with Crippen molar-refractivity contribution >= 4 is 23.9 Å². The smallest absolute Gasteiger partial charge is 0.340 e. The molecule has 20 heteroatoms. The quantitative estimate of drug-likeness (QED) is 0.0453. The Hall–Kier alpha value is -2.86. The van der Waals surface area contributed by atoms with E-state index in [0.717, 1.165) is 59.9 Å². The predicted octanol–water partition coefficient (Wildman–Crippen LogP) is 1.57. The van der Waals surface area contributed by atoms with Gasteiger partial charge in [-0.15, -0.1) is 0 Å². The van der Waals surface area contributed by atoms with Gasteiger partial charge in [0.1, 0.15) is 49.3 Å². The number of hydrogen-bond donors (Lipinski definition) is 7. The molecule has 0 aromatic carbocycles. The van der Waals surface area contributed by atoms with E-state index in [-0.39, 0.29) is 39.4 Å². The number of ether oxygens (including phenoxy) is 9. The van der Waals surface area contributed by atoms with Gasteiger partial charge in [0.15, 0.2) is 18.7 Å². The second kappa shape index (κ2) is 20.1. The Morgan fingerprint density at radius 3 is 2.09 bits per heavy atom. The number of esters is 4. The number of allylic oxidation sites excluding steroid dienone is 2. The van der Waals surface area contributed by atoms with Gasteiger partial charge in [0.25, 0.3) is 0 Å². The van der Waals surface area contributed by atoms with Crippen LogP contribution in [0.25, 0.3) is 0 Å². The minimum atomic E-state index is -2.15. The van der Waals surface area contributed by atoms with Gasteiger partial charge in [-0.25, -0.2) is 14.4 Å². The molecule has 20 atom stereocenters. The summed E-state index contributed by atoms with van der Waals surface area (Å²) >= 11 is 0. The van der Waals surface area contributed by atoms with Crippen molar-refractivity contribution in [1.82, 2.24) is 0 Å². The molecule has 0 amide bonds. The van der Waals surface area contributed by atoms with Crippen molar-refractivity contribution in [3.05, 3.63) is 11.6 Å². The van der Waals surface area contributed by atoms with Crippen LogP contribution in [0, 0.1) is 50.2 Å². The number of carbonyl (C=O) groups is 4. The zero-order valence-electron chi connectivity index (χ0n) is 42.2. The van der Waals surface area contributed by atoms with Gasteiger partial charge >= 0.3 is 23.9 Å². The molecule has 2 saturated heterocycles. The summed E-state index contributed by atoms with van der Waals surface area (Å²) < 4.78 is 49.6. The number of hydrogen-bond acceptors (Lipinski definition) is 20. The molecule has 7 rings (SSSR count). The van der Waals surface area contributed by atoms with Crippen LogP contribution in [0.1, 0.15) is 113 Å². The van der Waals surface area contributed by atoms with Crippen molar-refractivity contribution < 1.29 is 97.6 Å². The molecule has 2 heterocycles. The number of rotatable bonds is 13. The minimum Gasteiger partial charge on any atom is -0.467 e. The Labute approximate surface area is 409 Å². The molecule has 0 radical (unpaired) electrons. The second-order valence-corrected chi connectivity index (χ2v) is 23.2. The molecule has 7 aliphatic rings.